The van der Waals surface area contributed by atoms with Crippen LogP contribution in [0.1, 0.15) is 0 Å². The summed E-state index contributed by atoms with van der Waals surface area (Å²) in [7, 11) is 0. The van der Waals surface area contributed by atoms with Gasteiger partial charge in [0.2, 0.25) is 0 Å². The number of rotatable bonds is 1. The van der Waals surface area contributed by atoms with Crippen molar-refractivity contribution in [2.75, 3.05) is 0 Å². The highest BCUT2D eigenvalue weighted by atomic mass is 35.5. The lowest BCUT2D eigenvalue weighted by Crippen LogP contribution is -2.22. The van der Waals surface area contributed by atoms with Gasteiger partial charge in [-0.25, -0.2) is 0 Å². The van der Waals surface area contributed by atoms with Gasteiger partial charge in [-0.1, -0.05) is 42.5 Å². The number of alkyl halides is 2. The Kier molecular flexibility index (Phi) is 2.42. The topological polar surface area (TPSA) is 18.5 Å². The molecular formula is C13H8Cl2O2. The summed E-state index contributed by atoms with van der Waals surface area (Å²) < 4.78 is 9.02. The third-order valence-corrected chi connectivity index (χ3v) is 2.82. The SMILES string of the molecule is ClC1(Cl)Oc2cccc(-c3ccccc3)c2O1. The molecule has 0 radical (unpaired) electrons. The van der Waals surface area contributed by atoms with Gasteiger partial charge in [-0.15, -0.1) is 0 Å². The molecule has 0 saturated carbocycles. The highest BCUT2D eigenvalue weighted by Crippen LogP contribution is 2.48. The van der Waals surface area contributed by atoms with Crippen molar-refractivity contribution in [2.24, 2.45) is 0 Å². The van der Waals surface area contributed by atoms with Crippen LogP contribution >= 0.6 is 23.2 Å². The molecule has 0 fully saturated rings. The Morgan fingerprint density at radius 3 is 2.35 bits per heavy atom. The first kappa shape index (κ1) is 10.8. The molecule has 0 bridgehead atoms. The summed E-state index contributed by atoms with van der Waals surface area (Å²) in [5, 5.41) is 0. The van der Waals surface area contributed by atoms with Crippen molar-refractivity contribution in [3.63, 3.8) is 0 Å². The van der Waals surface area contributed by atoms with Gasteiger partial charge in [0, 0.05) is 5.56 Å². The van der Waals surface area contributed by atoms with E-state index in [0.29, 0.717) is 11.5 Å². The number of hydrogen-bond acceptors (Lipinski definition) is 2. The Balaban J connectivity index is 2.13. The lowest BCUT2D eigenvalue weighted by molar-refractivity contribution is 0.0852. The molecule has 3 rings (SSSR count). The third-order valence-electron chi connectivity index (χ3n) is 2.51. The van der Waals surface area contributed by atoms with Crippen molar-refractivity contribution in [3.05, 3.63) is 48.5 Å². The number of hydrogen-bond donors (Lipinski definition) is 0. The fraction of sp³-hybridized carbons (Fsp3) is 0.0769. The van der Waals surface area contributed by atoms with Crippen molar-refractivity contribution >= 4 is 23.2 Å². The molecular weight excluding hydrogens is 259 g/mol. The van der Waals surface area contributed by atoms with Crippen LogP contribution in [0.3, 0.4) is 0 Å². The molecule has 1 aliphatic rings. The van der Waals surface area contributed by atoms with Crippen molar-refractivity contribution in [2.45, 2.75) is 4.71 Å². The average molecular weight is 267 g/mol. The van der Waals surface area contributed by atoms with Gasteiger partial charge >= 0.3 is 4.71 Å². The molecule has 0 atom stereocenters. The average Bonchev–Trinajstić information content (AvgIpc) is 2.63. The minimum Gasteiger partial charge on any atom is -0.423 e. The molecule has 0 saturated heterocycles. The molecule has 2 aromatic rings. The Morgan fingerprint density at radius 1 is 0.824 bits per heavy atom. The first-order valence-corrected chi connectivity index (χ1v) is 5.86. The molecule has 0 spiro atoms. The van der Waals surface area contributed by atoms with Crippen LogP contribution in [0.25, 0.3) is 11.1 Å². The first-order chi connectivity index (χ1) is 8.16. The number of benzene rings is 2. The molecule has 1 aliphatic heterocycles. The number of fused-ring (bicyclic) bond motifs is 1. The normalized spacial score (nSPS) is 15.9. The van der Waals surface area contributed by atoms with Gasteiger partial charge in [0.15, 0.2) is 11.5 Å². The largest absolute Gasteiger partial charge is 0.423 e. The second kappa shape index (κ2) is 3.83. The molecule has 86 valence electrons. The van der Waals surface area contributed by atoms with Crippen molar-refractivity contribution in [1.82, 2.24) is 0 Å². The molecule has 0 aliphatic carbocycles. The third kappa shape index (κ3) is 1.94. The van der Waals surface area contributed by atoms with Crippen LogP contribution in [0.5, 0.6) is 11.5 Å². The standard InChI is InChI=1S/C13H8Cl2O2/c14-13(15)16-11-8-4-7-10(12(11)17-13)9-5-2-1-3-6-9/h1-8H. The van der Waals surface area contributed by atoms with E-state index in [1.54, 1.807) is 6.07 Å². The fourth-order valence-corrected chi connectivity index (χ4v) is 2.13. The van der Waals surface area contributed by atoms with E-state index in [9.17, 15) is 0 Å². The van der Waals surface area contributed by atoms with Crippen molar-refractivity contribution in [3.8, 4) is 22.6 Å². The van der Waals surface area contributed by atoms with Crippen LogP contribution < -0.4 is 9.47 Å². The lowest BCUT2D eigenvalue weighted by atomic mass is 10.0. The van der Waals surface area contributed by atoms with E-state index in [4.69, 9.17) is 32.7 Å². The van der Waals surface area contributed by atoms with Crippen molar-refractivity contribution in [1.29, 1.82) is 0 Å². The monoisotopic (exact) mass is 266 g/mol. The zero-order valence-electron chi connectivity index (χ0n) is 8.69. The summed E-state index contributed by atoms with van der Waals surface area (Å²) >= 11 is 11.6. The van der Waals surface area contributed by atoms with E-state index >= 15 is 0 Å². The number of ether oxygens (including phenoxy) is 2. The fourth-order valence-electron chi connectivity index (χ4n) is 1.81. The predicted octanol–water partition coefficient (Wildman–Crippen LogP) is 4.21. The molecule has 1 heterocycles. The predicted molar refractivity (Wildman–Crippen MR) is 67.6 cm³/mol. The van der Waals surface area contributed by atoms with E-state index in [1.807, 2.05) is 42.5 Å². The van der Waals surface area contributed by atoms with Gasteiger partial charge in [-0.3, -0.25) is 0 Å². The lowest BCUT2D eigenvalue weighted by Gasteiger charge is -2.10. The highest BCUT2D eigenvalue weighted by Gasteiger charge is 2.39. The summed E-state index contributed by atoms with van der Waals surface area (Å²) in [6, 6.07) is 15.4. The second-order valence-electron chi connectivity index (χ2n) is 3.67. The summed E-state index contributed by atoms with van der Waals surface area (Å²) in [5.41, 5.74) is 1.94. The number of para-hydroxylation sites is 1. The summed E-state index contributed by atoms with van der Waals surface area (Å²) in [6.07, 6.45) is 0. The van der Waals surface area contributed by atoms with Crippen LogP contribution in [0.15, 0.2) is 48.5 Å². The molecule has 0 amide bonds. The zero-order valence-corrected chi connectivity index (χ0v) is 10.2. The van der Waals surface area contributed by atoms with Crippen LogP contribution in [0.2, 0.25) is 0 Å². The van der Waals surface area contributed by atoms with Crippen LogP contribution in [0, 0.1) is 0 Å². The molecule has 0 aromatic heterocycles. The molecule has 4 heteroatoms. The Hall–Kier alpha value is -1.38. The van der Waals surface area contributed by atoms with Gasteiger partial charge < -0.3 is 9.47 Å². The van der Waals surface area contributed by atoms with Gasteiger partial charge in [0.25, 0.3) is 0 Å². The molecule has 2 aromatic carbocycles. The van der Waals surface area contributed by atoms with Crippen molar-refractivity contribution < 1.29 is 9.47 Å². The van der Waals surface area contributed by atoms with E-state index in [0.717, 1.165) is 11.1 Å². The van der Waals surface area contributed by atoms with Gasteiger partial charge in [-0.2, -0.15) is 0 Å². The maximum Gasteiger partial charge on any atom is 0.419 e. The zero-order chi connectivity index (χ0) is 11.9. The number of halogens is 2. The Bertz CT molecular complexity index is 553. The highest BCUT2D eigenvalue weighted by molar-refractivity contribution is 6.46. The first-order valence-electron chi connectivity index (χ1n) is 5.10. The second-order valence-corrected chi connectivity index (χ2v) is 4.85. The van der Waals surface area contributed by atoms with Crippen LogP contribution in [-0.4, -0.2) is 4.71 Å². The summed E-state index contributed by atoms with van der Waals surface area (Å²) in [4.78, 5) is 0. The van der Waals surface area contributed by atoms with E-state index < -0.39 is 4.71 Å². The maximum absolute atomic E-state index is 5.81. The molecule has 2 nitrogen and oxygen atoms in total. The van der Waals surface area contributed by atoms with Gasteiger partial charge in [0.1, 0.15) is 0 Å². The van der Waals surface area contributed by atoms with E-state index in [2.05, 4.69) is 0 Å². The maximum atomic E-state index is 5.81. The van der Waals surface area contributed by atoms with Crippen LogP contribution in [-0.2, 0) is 0 Å². The summed E-state index contributed by atoms with van der Waals surface area (Å²) in [6.45, 7) is 0. The smallest absolute Gasteiger partial charge is 0.419 e. The minimum atomic E-state index is -1.63. The van der Waals surface area contributed by atoms with Gasteiger partial charge in [-0.05, 0) is 34.8 Å². The van der Waals surface area contributed by atoms with E-state index in [1.165, 1.54) is 0 Å². The van der Waals surface area contributed by atoms with Gasteiger partial charge in [0.05, 0.1) is 0 Å². The van der Waals surface area contributed by atoms with Crippen LogP contribution in [0.4, 0.5) is 0 Å². The quantitative estimate of drug-likeness (QED) is 0.720. The van der Waals surface area contributed by atoms with E-state index in [-0.39, 0.29) is 0 Å². The molecule has 17 heavy (non-hydrogen) atoms. The minimum absolute atomic E-state index is 0.552. The molecule has 0 unspecified atom stereocenters. The molecule has 0 N–H and O–H groups in total. The summed E-state index contributed by atoms with van der Waals surface area (Å²) in [5.74, 6) is 1.13. The Morgan fingerprint density at radius 2 is 1.59 bits per heavy atom. The Labute approximate surface area is 109 Å².